The summed E-state index contributed by atoms with van der Waals surface area (Å²) < 4.78 is 31.5. The summed E-state index contributed by atoms with van der Waals surface area (Å²) in [4.78, 5) is 2.32. The molecule has 0 unspecified atom stereocenters. The Bertz CT molecular complexity index is 668. The van der Waals surface area contributed by atoms with E-state index in [-0.39, 0.29) is 5.25 Å². The molecule has 1 aromatic rings. The van der Waals surface area contributed by atoms with Crippen LogP contribution in [0.5, 0.6) is 0 Å². The molecule has 2 fully saturated rings. The molecule has 0 spiro atoms. The molecule has 3 rings (SSSR count). The standard InChI is InChI=1S/C17H25ClN2O3S/c1-13-2-3-16(17(18)10-13)14-4-7-20(8-5-14)9-6-19-24(21,22)15-11-23-12-15/h2-3,10,14-15,19H,4-9,11-12H2,1H3. The Morgan fingerprint density at radius 2 is 2.00 bits per heavy atom. The van der Waals surface area contributed by atoms with Crippen molar-refractivity contribution in [2.24, 2.45) is 0 Å². The van der Waals surface area contributed by atoms with Crippen LogP contribution in [0.25, 0.3) is 0 Å². The normalized spacial score (nSPS) is 20.9. The molecule has 0 bridgehead atoms. The number of nitrogens with one attached hydrogen (secondary N) is 1. The number of aryl methyl sites for hydroxylation is 1. The molecule has 2 heterocycles. The van der Waals surface area contributed by atoms with E-state index in [0.717, 1.165) is 37.5 Å². The van der Waals surface area contributed by atoms with Gasteiger partial charge in [0.2, 0.25) is 10.0 Å². The lowest BCUT2D eigenvalue weighted by molar-refractivity contribution is 0.0411. The van der Waals surface area contributed by atoms with Crippen molar-refractivity contribution in [3.8, 4) is 0 Å². The van der Waals surface area contributed by atoms with Crippen molar-refractivity contribution >= 4 is 21.6 Å². The average molecular weight is 373 g/mol. The summed E-state index contributed by atoms with van der Waals surface area (Å²) in [6.07, 6.45) is 2.12. The van der Waals surface area contributed by atoms with Gasteiger partial charge in [0.05, 0.1) is 13.2 Å². The van der Waals surface area contributed by atoms with E-state index in [2.05, 4.69) is 28.7 Å². The number of likely N-dealkylation sites (tertiary alicyclic amines) is 1. The number of benzene rings is 1. The number of piperidine rings is 1. The maximum absolute atomic E-state index is 11.9. The Kier molecular flexibility index (Phi) is 5.82. The fourth-order valence-corrected chi connectivity index (χ4v) is 4.84. The van der Waals surface area contributed by atoms with Gasteiger partial charge in [0, 0.05) is 18.1 Å². The molecule has 1 N–H and O–H groups in total. The summed E-state index contributed by atoms with van der Waals surface area (Å²) in [5, 5.41) is 0.496. The lowest BCUT2D eigenvalue weighted by Gasteiger charge is -2.33. The van der Waals surface area contributed by atoms with Gasteiger partial charge in [-0.1, -0.05) is 23.7 Å². The van der Waals surface area contributed by atoms with Crippen molar-refractivity contribution in [3.63, 3.8) is 0 Å². The van der Waals surface area contributed by atoms with E-state index >= 15 is 0 Å². The fourth-order valence-electron chi connectivity index (χ4n) is 3.29. The molecule has 24 heavy (non-hydrogen) atoms. The van der Waals surface area contributed by atoms with Gasteiger partial charge in [-0.25, -0.2) is 13.1 Å². The van der Waals surface area contributed by atoms with E-state index < -0.39 is 10.0 Å². The second-order valence-electron chi connectivity index (χ2n) is 6.74. The summed E-state index contributed by atoms with van der Waals surface area (Å²) in [5.41, 5.74) is 2.43. The topological polar surface area (TPSA) is 58.6 Å². The van der Waals surface area contributed by atoms with Crippen molar-refractivity contribution in [2.75, 3.05) is 39.4 Å². The second kappa shape index (κ2) is 7.70. The Hall–Kier alpha value is -0.660. The molecule has 0 atom stereocenters. The first kappa shape index (κ1) is 18.1. The second-order valence-corrected chi connectivity index (χ2v) is 9.19. The van der Waals surface area contributed by atoms with Crippen LogP contribution >= 0.6 is 11.6 Å². The fraction of sp³-hybridized carbons (Fsp3) is 0.647. The highest BCUT2D eigenvalue weighted by Crippen LogP contribution is 2.33. The monoisotopic (exact) mass is 372 g/mol. The Balaban J connectivity index is 1.43. The summed E-state index contributed by atoms with van der Waals surface area (Å²) in [6.45, 7) is 5.85. The molecule has 134 valence electrons. The van der Waals surface area contributed by atoms with Crippen LogP contribution in [0.4, 0.5) is 0 Å². The molecule has 2 aliphatic rings. The van der Waals surface area contributed by atoms with E-state index in [9.17, 15) is 8.42 Å². The lowest BCUT2D eigenvalue weighted by atomic mass is 9.89. The Morgan fingerprint density at radius 3 is 2.58 bits per heavy atom. The van der Waals surface area contributed by atoms with Gasteiger partial charge in [0.15, 0.2) is 0 Å². The molecule has 7 heteroatoms. The van der Waals surface area contributed by atoms with E-state index in [1.807, 2.05) is 6.07 Å². The zero-order valence-corrected chi connectivity index (χ0v) is 15.6. The summed E-state index contributed by atoms with van der Waals surface area (Å²) >= 11 is 6.38. The van der Waals surface area contributed by atoms with E-state index in [1.54, 1.807) is 0 Å². The first-order valence-electron chi connectivity index (χ1n) is 8.50. The molecule has 2 aliphatic heterocycles. The minimum atomic E-state index is -3.21. The van der Waals surface area contributed by atoms with E-state index in [1.165, 1.54) is 11.1 Å². The van der Waals surface area contributed by atoms with Crippen LogP contribution in [-0.2, 0) is 14.8 Å². The van der Waals surface area contributed by atoms with Crippen molar-refractivity contribution < 1.29 is 13.2 Å². The third-order valence-corrected chi connectivity index (χ3v) is 7.04. The number of hydrogen-bond donors (Lipinski definition) is 1. The molecular weight excluding hydrogens is 348 g/mol. The Labute approximate surface area is 149 Å². The van der Waals surface area contributed by atoms with Gasteiger partial charge in [-0.3, -0.25) is 0 Å². The van der Waals surface area contributed by atoms with Crippen LogP contribution < -0.4 is 4.72 Å². The molecule has 0 radical (unpaired) electrons. The van der Waals surface area contributed by atoms with Crippen LogP contribution in [-0.4, -0.2) is 58.0 Å². The summed E-state index contributed by atoms with van der Waals surface area (Å²) in [6, 6.07) is 6.29. The molecule has 0 aliphatic carbocycles. The Morgan fingerprint density at radius 1 is 1.29 bits per heavy atom. The predicted octanol–water partition coefficient (Wildman–Crippen LogP) is 2.15. The minimum absolute atomic E-state index is 0.317. The average Bonchev–Trinajstić information content (AvgIpc) is 2.46. The molecule has 0 amide bonds. The van der Waals surface area contributed by atoms with Crippen LogP contribution in [0, 0.1) is 6.92 Å². The van der Waals surface area contributed by atoms with Crippen molar-refractivity contribution in [1.29, 1.82) is 0 Å². The molecule has 0 saturated carbocycles. The maximum atomic E-state index is 11.9. The molecular formula is C17H25ClN2O3S. The smallest absolute Gasteiger partial charge is 0.219 e. The van der Waals surface area contributed by atoms with E-state index in [4.69, 9.17) is 16.3 Å². The number of ether oxygens (including phenoxy) is 1. The van der Waals surface area contributed by atoms with Gasteiger partial charge >= 0.3 is 0 Å². The maximum Gasteiger partial charge on any atom is 0.219 e. The third kappa shape index (κ3) is 4.29. The van der Waals surface area contributed by atoms with Crippen LogP contribution in [0.2, 0.25) is 5.02 Å². The molecule has 0 aromatic heterocycles. The van der Waals surface area contributed by atoms with Crippen LogP contribution in [0.15, 0.2) is 18.2 Å². The molecule has 2 saturated heterocycles. The van der Waals surface area contributed by atoms with Crippen molar-refractivity contribution in [1.82, 2.24) is 9.62 Å². The molecule has 5 nitrogen and oxygen atoms in total. The zero-order valence-electron chi connectivity index (χ0n) is 14.0. The number of sulfonamides is 1. The third-order valence-electron chi connectivity index (χ3n) is 4.96. The lowest BCUT2D eigenvalue weighted by Crippen LogP contribution is -2.48. The van der Waals surface area contributed by atoms with Crippen molar-refractivity contribution in [3.05, 3.63) is 34.3 Å². The highest BCUT2D eigenvalue weighted by atomic mass is 35.5. The first-order valence-corrected chi connectivity index (χ1v) is 10.4. The largest absolute Gasteiger partial charge is 0.378 e. The van der Waals surface area contributed by atoms with Crippen LogP contribution in [0.1, 0.15) is 29.9 Å². The minimum Gasteiger partial charge on any atom is -0.378 e. The number of rotatable bonds is 6. The number of nitrogens with zero attached hydrogens (tertiary/aromatic N) is 1. The van der Waals surface area contributed by atoms with Crippen molar-refractivity contribution in [2.45, 2.75) is 30.9 Å². The van der Waals surface area contributed by atoms with Crippen LogP contribution in [0.3, 0.4) is 0 Å². The first-order chi connectivity index (χ1) is 11.5. The van der Waals surface area contributed by atoms with Gasteiger partial charge in [0.25, 0.3) is 0 Å². The summed E-state index contributed by atoms with van der Waals surface area (Å²) in [5.74, 6) is 0.498. The summed E-state index contributed by atoms with van der Waals surface area (Å²) in [7, 11) is -3.21. The van der Waals surface area contributed by atoms with Gasteiger partial charge in [-0.15, -0.1) is 0 Å². The highest BCUT2D eigenvalue weighted by molar-refractivity contribution is 7.90. The van der Waals surface area contributed by atoms with Gasteiger partial charge in [0.1, 0.15) is 5.25 Å². The zero-order chi connectivity index (χ0) is 17.2. The predicted molar refractivity (Wildman–Crippen MR) is 96.1 cm³/mol. The van der Waals surface area contributed by atoms with Gasteiger partial charge < -0.3 is 9.64 Å². The van der Waals surface area contributed by atoms with E-state index in [0.29, 0.717) is 25.7 Å². The number of halogens is 1. The molecule has 1 aromatic carbocycles. The van der Waals surface area contributed by atoms with Gasteiger partial charge in [-0.2, -0.15) is 0 Å². The quantitative estimate of drug-likeness (QED) is 0.831. The highest BCUT2D eigenvalue weighted by Gasteiger charge is 2.32. The number of hydrogen-bond acceptors (Lipinski definition) is 4. The SMILES string of the molecule is Cc1ccc(C2CCN(CCNS(=O)(=O)C3COC3)CC2)c(Cl)c1. The van der Waals surface area contributed by atoms with Gasteiger partial charge in [-0.05, 0) is 56.0 Å².